The number of likely N-dealkylation sites (tertiary alicyclic amines) is 1. The lowest BCUT2D eigenvalue weighted by Gasteiger charge is -2.24. The van der Waals surface area contributed by atoms with E-state index in [0.717, 1.165) is 31.5 Å². The Hall–Kier alpha value is -1.40. The number of hydrogen-bond acceptors (Lipinski definition) is 5. The summed E-state index contributed by atoms with van der Waals surface area (Å²) in [5.74, 6) is 0.580. The average molecular weight is 323 g/mol. The van der Waals surface area contributed by atoms with E-state index in [1.165, 1.54) is 0 Å². The van der Waals surface area contributed by atoms with Crippen LogP contribution in [0.2, 0.25) is 0 Å². The van der Waals surface area contributed by atoms with Crippen molar-refractivity contribution in [1.82, 2.24) is 15.0 Å². The first kappa shape index (κ1) is 17.9. The van der Waals surface area contributed by atoms with E-state index in [0.29, 0.717) is 24.3 Å². The van der Waals surface area contributed by atoms with Gasteiger partial charge >= 0.3 is 0 Å². The van der Waals surface area contributed by atoms with Crippen LogP contribution in [0.5, 0.6) is 0 Å². The number of carbonyl (C=O) groups excluding carboxylic acids is 1. The molecule has 23 heavy (non-hydrogen) atoms. The van der Waals surface area contributed by atoms with Crippen molar-refractivity contribution in [3.05, 3.63) is 17.5 Å². The predicted molar refractivity (Wildman–Crippen MR) is 88.6 cm³/mol. The second-order valence-corrected chi connectivity index (χ2v) is 6.50. The molecule has 1 aromatic rings. The van der Waals surface area contributed by atoms with Gasteiger partial charge in [0.2, 0.25) is 5.76 Å². The van der Waals surface area contributed by atoms with Gasteiger partial charge in [0.1, 0.15) is 0 Å². The van der Waals surface area contributed by atoms with Crippen molar-refractivity contribution in [1.29, 1.82) is 0 Å². The summed E-state index contributed by atoms with van der Waals surface area (Å²) in [6.07, 6.45) is 3.19. The van der Waals surface area contributed by atoms with Crippen molar-refractivity contribution < 1.29 is 14.1 Å². The number of hydrogen-bond donors (Lipinski definition) is 0. The zero-order chi connectivity index (χ0) is 17.0. The molecule has 2 atom stereocenters. The zero-order valence-electron chi connectivity index (χ0n) is 14.9. The normalized spacial score (nSPS) is 22.0. The minimum atomic E-state index is -0.107. The van der Waals surface area contributed by atoms with E-state index in [9.17, 15) is 4.79 Å². The van der Waals surface area contributed by atoms with Gasteiger partial charge in [-0.3, -0.25) is 9.69 Å². The number of carbonyl (C=O) groups is 1. The topological polar surface area (TPSA) is 58.8 Å². The molecule has 1 saturated heterocycles. The summed E-state index contributed by atoms with van der Waals surface area (Å²) in [5.41, 5.74) is 0.879. The van der Waals surface area contributed by atoms with Crippen molar-refractivity contribution in [3.8, 4) is 0 Å². The summed E-state index contributed by atoms with van der Waals surface area (Å²) in [5, 5.41) is 4.08. The first-order valence-electron chi connectivity index (χ1n) is 8.45. The number of methoxy groups -OCH3 is 1. The van der Waals surface area contributed by atoms with Crippen LogP contribution in [0.25, 0.3) is 0 Å². The van der Waals surface area contributed by atoms with Gasteiger partial charge in [0.05, 0.1) is 11.8 Å². The van der Waals surface area contributed by atoms with Crippen molar-refractivity contribution in [2.45, 2.75) is 51.2 Å². The van der Waals surface area contributed by atoms with E-state index >= 15 is 0 Å². The third-order valence-corrected chi connectivity index (χ3v) is 4.96. The standard InChI is InChI=1S/C17H29N3O3/c1-6-12(7-2)15-9-16(23-18-15)17(21)20(4)10-13-8-14(22-5)11-19(13)3/h9,12-14H,6-8,10-11H2,1-5H3/t13-,14-/m0/s1. The lowest BCUT2D eigenvalue weighted by molar-refractivity contribution is 0.0719. The number of likely N-dealkylation sites (N-methyl/N-ethyl adjacent to an activating group) is 2. The molecule has 0 radical (unpaired) electrons. The van der Waals surface area contributed by atoms with E-state index in [4.69, 9.17) is 9.26 Å². The molecule has 130 valence electrons. The maximum atomic E-state index is 12.5. The first-order valence-corrected chi connectivity index (χ1v) is 8.45. The van der Waals surface area contributed by atoms with Gasteiger partial charge in [-0.2, -0.15) is 0 Å². The number of ether oxygens (including phenoxy) is 1. The molecule has 0 N–H and O–H groups in total. The van der Waals surface area contributed by atoms with Crippen LogP contribution >= 0.6 is 0 Å². The monoisotopic (exact) mass is 323 g/mol. The molecule has 2 heterocycles. The van der Waals surface area contributed by atoms with E-state index in [-0.39, 0.29) is 12.0 Å². The highest BCUT2D eigenvalue weighted by atomic mass is 16.5. The Morgan fingerprint density at radius 2 is 2.22 bits per heavy atom. The summed E-state index contributed by atoms with van der Waals surface area (Å²) in [6.45, 7) is 5.82. The van der Waals surface area contributed by atoms with Crippen LogP contribution in [0.3, 0.4) is 0 Å². The second-order valence-electron chi connectivity index (χ2n) is 6.50. The van der Waals surface area contributed by atoms with Crippen molar-refractivity contribution >= 4 is 5.91 Å². The molecular weight excluding hydrogens is 294 g/mol. The molecule has 1 aliphatic heterocycles. The highest BCUT2D eigenvalue weighted by Crippen LogP contribution is 2.23. The number of nitrogens with zero attached hydrogens (tertiary/aromatic N) is 3. The van der Waals surface area contributed by atoms with E-state index in [2.05, 4.69) is 31.0 Å². The Bertz CT molecular complexity index is 513. The molecule has 1 aliphatic rings. The smallest absolute Gasteiger partial charge is 0.292 e. The lowest BCUT2D eigenvalue weighted by Crippen LogP contribution is -2.39. The van der Waals surface area contributed by atoms with Crippen LogP contribution in [0.15, 0.2) is 10.6 Å². The molecule has 0 unspecified atom stereocenters. The maximum absolute atomic E-state index is 12.5. The van der Waals surface area contributed by atoms with Crippen LogP contribution in [0, 0.1) is 0 Å². The lowest BCUT2D eigenvalue weighted by atomic mass is 9.99. The Kier molecular flexibility index (Phi) is 6.18. The molecule has 6 nitrogen and oxygen atoms in total. The van der Waals surface area contributed by atoms with Crippen LogP contribution < -0.4 is 0 Å². The van der Waals surface area contributed by atoms with Crippen molar-refractivity contribution in [2.75, 3.05) is 34.3 Å². The minimum absolute atomic E-state index is 0.107. The van der Waals surface area contributed by atoms with Crippen LogP contribution in [-0.2, 0) is 4.74 Å². The summed E-state index contributed by atoms with van der Waals surface area (Å²) < 4.78 is 10.7. The van der Waals surface area contributed by atoms with E-state index in [1.54, 1.807) is 18.1 Å². The first-order chi connectivity index (χ1) is 11.0. The van der Waals surface area contributed by atoms with Gasteiger partial charge in [0.15, 0.2) is 0 Å². The van der Waals surface area contributed by atoms with Gasteiger partial charge in [-0.15, -0.1) is 0 Å². The average Bonchev–Trinajstić information content (AvgIpc) is 3.15. The molecular formula is C17H29N3O3. The maximum Gasteiger partial charge on any atom is 0.292 e. The molecule has 2 rings (SSSR count). The fraction of sp³-hybridized carbons (Fsp3) is 0.765. The van der Waals surface area contributed by atoms with Gasteiger partial charge in [-0.25, -0.2) is 0 Å². The highest BCUT2D eigenvalue weighted by Gasteiger charge is 2.31. The molecule has 1 fully saturated rings. The summed E-state index contributed by atoms with van der Waals surface area (Å²) in [7, 11) is 5.63. The quantitative estimate of drug-likeness (QED) is 0.771. The van der Waals surface area contributed by atoms with Gasteiger partial charge in [-0.05, 0) is 26.3 Å². The van der Waals surface area contributed by atoms with Gasteiger partial charge in [-0.1, -0.05) is 19.0 Å². The Morgan fingerprint density at radius 3 is 2.78 bits per heavy atom. The third kappa shape index (κ3) is 4.12. The molecule has 0 aliphatic carbocycles. The minimum Gasteiger partial charge on any atom is -0.380 e. The van der Waals surface area contributed by atoms with Crippen LogP contribution in [-0.4, -0.2) is 67.3 Å². The Labute approximate surface area is 138 Å². The van der Waals surface area contributed by atoms with Crippen molar-refractivity contribution in [2.24, 2.45) is 0 Å². The van der Waals surface area contributed by atoms with E-state index in [1.807, 2.05) is 7.05 Å². The number of amides is 1. The third-order valence-electron chi connectivity index (χ3n) is 4.96. The van der Waals surface area contributed by atoms with Crippen LogP contribution in [0.1, 0.15) is 55.3 Å². The molecule has 1 amide bonds. The summed E-state index contributed by atoms with van der Waals surface area (Å²) in [4.78, 5) is 16.5. The van der Waals surface area contributed by atoms with Crippen molar-refractivity contribution in [3.63, 3.8) is 0 Å². The molecule has 6 heteroatoms. The second kappa shape index (κ2) is 7.93. The SMILES string of the molecule is CCC(CC)c1cc(C(=O)N(C)C[C@@H]2C[C@H](OC)CN2C)on1. The zero-order valence-corrected chi connectivity index (χ0v) is 14.9. The van der Waals surface area contributed by atoms with Gasteiger partial charge < -0.3 is 14.2 Å². The Balaban J connectivity index is 1.97. The largest absolute Gasteiger partial charge is 0.380 e. The molecule has 0 saturated carbocycles. The van der Waals surface area contributed by atoms with Gasteiger partial charge in [0, 0.05) is 45.3 Å². The molecule has 0 spiro atoms. The summed E-state index contributed by atoms with van der Waals surface area (Å²) in [6, 6.07) is 2.11. The number of aromatic nitrogens is 1. The summed E-state index contributed by atoms with van der Waals surface area (Å²) >= 11 is 0. The molecule has 1 aromatic heterocycles. The predicted octanol–water partition coefficient (Wildman–Crippen LogP) is 2.37. The fourth-order valence-electron chi connectivity index (χ4n) is 3.29. The number of rotatable bonds is 7. The highest BCUT2D eigenvalue weighted by molar-refractivity contribution is 5.91. The molecule has 0 bridgehead atoms. The van der Waals surface area contributed by atoms with Crippen LogP contribution in [0.4, 0.5) is 0 Å². The Morgan fingerprint density at radius 1 is 1.52 bits per heavy atom. The molecule has 0 aromatic carbocycles. The van der Waals surface area contributed by atoms with Gasteiger partial charge in [0.25, 0.3) is 5.91 Å². The fourth-order valence-corrected chi connectivity index (χ4v) is 3.29. The van der Waals surface area contributed by atoms with E-state index < -0.39 is 0 Å².